The van der Waals surface area contributed by atoms with Crippen molar-refractivity contribution in [3.63, 3.8) is 0 Å². The minimum atomic E-state index is -0.461. The summed E-state index contributed by atoms with van der Waals surface area (Å²) in [4.78, 5) is 26.0. The molecule has 194 valence electrons. The smallest absolute Gasteiger partial charge is 0.407 e. The van der Waals surface area contributed by atoms with Crippen molar-refractivity contribution in [2.24, 2.45) is 13.0 Å². The summed E-state index contributed by atoms with van der Waals surface area (Å²) in [7, 11) is 3.44. The van der Waals surface area contributed by atoms with Crippen LogP contribution in [0.25, 0.3) is 0 Å². The van der Waals surface area contributed by atoms with E-state index in [1.165, 1.54) is 11.3 Å². The minimum absolute atomic E-state index is 0.000974. The molecule has 2 heterocycles. The molecule has 0 radical (unpaired) electrons. The van der Waals surface area contributed by atoms with Crippen molar-refractivity contribution in [3.8, 4) is 11.8 Å². The molecular formula is C27H31N5O4S. The van der Waals surface area contributed by atoms with E-state index in [1.54, 1.807) is 18.0 Å². The van der Waals surface area contributed by atoms with Crippen LogP contribution in [0.5, 0.6) is 5.75 Å². The lowest BCUT2D eigenvalue weighted by Gasteiger charge is -2.21. The molecule has 1 aliphatic carbocycles. The monoisotopic (exact) mass is 521 g/mol. The first kappa shape index (κ1) is 26.2. The largest absolute Gasteiger partial charge is 0.497 e. The van der Waals surface area contributed by atoms with Crippen molar-refractivity contribution >= 4 is 28.3 Å². The van der Waals surface area contributed by atoms with Crippen LogP contribution < -0.4 is 15.4 Å². The van der Waals surface area contributed by atoms with Crippen LogP contribution in [0.4, 0.5) is 9.80 Å². The van der Waals surface area contributed by atoms with Gasteiger partial charge in [0.2, 0.25) is 5.91 Å². The number of rotatable bonds is 9. The van der Waals surface area contributed by atoms with Gasteiger partial charge in [0.05, 0.1) is 25.5 Å². The van der Waals surface area contributed by atoms with Crippen LogP contribution in [0.15, 0.2) is 36.7 Å². The number of nitriles is 1. The van der Waals surface area contributed by atoms with Crippen molar-refractivity contribution in [1.82, 2.24) is 15.1 Å². The third kappa shape index (κ3) is 6.68. The van der Waals surface area contributed by atoms with Crippen LogP contribution in [-0.2, 0) is 36.0 Å². The molecular weight excluding hydrogens is 490 g/mol. The second kappa shape index (κ2) is 11.9. The molecule has 2 atom stereocenters. The third-order valence-electron chi connectivity index (χ3n) is 6.53. The van der Waals surface area contributed by atoms with Crippen LogP contribution in [0.2, 0.25) is 0 Å². The molecule has 0 aliphatic heterocycles. The fourth-order valence-corrected chi connectivity index (χ4v) is 5.83. The molecule has 9 nitrogen and oxygen atoms in total. The summed E-state index contributed by atoms with van der Waals surface area (Å²) in [6, 6.07) is 9.98. The van der Waals surface area contributed by atoms with E-state index in [0.717, 1.165) is 40.2 Å². The molecule has 0 saturated carbocycles. The van der Waals surface area contributed by atoms with Gasteiger partial charge in [0.25, 0.3) is 0 Å². The SMILES string of the molecule is COc1cccc(C(C)CC(=O)Nc2sc3c(c2C#N)CCC(COC(=O)NCc2cnn(C)c2)C3)c1. The fourth-order valence-electron chi connectivity index (χ4n) is 4.51. The van der Waals surface area contributed by atoms with E-state index in [0.29, 0.717) is 36.6 Å². The number of methoxy groups -OCH3 is 1. The normalized spacial score (nSPS) is 15.2. The summed E-state index contributed by atoms with van der Waals surface area (Å²) in [6.07, 6.45) is 5.61. The number of nitrogens with one attached hydrogen (secondary N) is 2. The Labute approximate surface area is 220 Å². The quantitative estimate of drug-likeness (QED) is 0.427. The summed E-state index contributed by atoms with van der Waals surface area (Å²) in [6.45, 7) is 2.66. The van der Waals surface area contributed by atoms with Crippen molar-refractivity contribution < 1.29 is 19.1 Å². The molecule has 1 aliphatic rings. The van der Waals surface area contributed by atoms with E-state index < -0.39 is 6.09 Å². The van der Waals surface area contributed by atoms with Gasteiger partial charge in [-0.15, -0.1) is 11.3 Å². The number of amides is 2. The average Bonchev–Trinajstić information content (AvgIpc) is 3.47. The number of carbonyl (C=O) groups is 2. The number of aromatic nitrogens is 2. The number of hydrogen-bond acceptors (Lipinski definition) is 7. The topological polar surface area (TPSA) is 118 Å². The van der Waals surface area contributed by atoms with Gasteiger partial charge in [-0.05, 0) is 54.4 Å². The molecule has 4 rings (SSSR count). The highest BCUT2D eigenvalue weighted by Gasteiger charge is 2.27. The molecule has 0 fully saturated rings. The minimum Gasteiger partial charge on any atom is -0.497 e. The lowest BCUT2D eigenvalue weighted by molar-refractivity contribution is -0.116. The Kier molecular flexibility index (Phi) is 8.46. The van der Waals surface area contributed by atoms with E-state index >= 15 is 0 Å². The average molecular weight is 522 g/mol. The van der Waals surface area contributed by atoms with Gasteiger partial charge in [-0.2, -0.15) is 10.4 Å². The molecule has 0 bridgehead atoms. The Morgan fingerprint density at radius 1 is 1.38 bits per heavy atom. The second-order valence-corrected chi connectivity index (χ2v) is 10.4. The molecule has 0 spiro atoms. The van der Waals surface area contributed by atoms with Crippen molar-refractivity contribution in [1.29, 1.82) is 5.26 Å². The van der Waals surface area contributed by atoms with Crippen LogP contribution >= 0.6 is 11.3 Å². The second-order valence-electron chi connectivity index (χ2n) is 9.33. The van der Waals surface area contributed by atoms with Crippen LogP contribution in [0.3, 0.4) is 0 Å². The predicted molar refractivity (Wildman–Crippen MR) is 141 cm³/mol. The molecule has 2 N–H and O–H groups in total. The van der Waals surface area contributed by atoms with Gasteiger partial charge in [0, 0.05) is 36.7 Å². The number of aryl methyl sites for hydroxylation is 1. The Hall–Kier alpha value is -3.84. The maximum absolute atomic E-state index is 12.8. The van der Waals surface area contributed by atoms with E-state index in [2.05, 4.69) is 21.8 Å². The van der Waals surface area contributed by atoms with Gasteiger partial charge >= 0.3 is 6.09 Å². The number of carbonyl (C=O) groups excluding carboxylic acids is 2. The lowest BCUT2D eigenvalue weighted by atomic mass is 9.88. The molecule has 3 aromatic rings. The van der Waals surface area contributed by atoms with Crippen LogP contribution in [0.1, 0.15) is 52.8 Å². The molecule has 2 unspecified atom stereocenters. The zero-order valence-corrected chi connectivity index (χ0v) is 22.1. The maximum atomic E-state index is 12.8. The number of alkyl carbamates (subject to hydrolysis) is 1. The first-order valence-corrected chi connectivity index (χ1v) is 13.0. The van der Waals surface area contributed by atoms with E-state index in [4.69, 9.17) is 9.47 Å². The Morgan fingerprint density at radius 2 is 2.22 bits per heavy atom. The summed E-state index contributed by atoms with van der Waals surface area (Å²) in [5, 5.41) is 20.2. The third-order valence-corrected chi connectivity index (χ3v) is 7.70. The highest BCUT2D eigenvalue weighted by molar-refractivity contribution is 7.16. The standard InChI is InChI=1S/C27H31N5O4S/c1-17(20-5-4-6-21(11-20)35-3)9-25(33)31-26-23(12-28)22-8-7-18(10-24(22)37-26)16-36-27(34)29-13-19-14-30-32(2)15-19/h4-6,11,14-15,17-18H,7-10,13,16H2,1-3H3,(H,29,34)(H,31,33). The molecule has 37 heavy (non-hydrogen) atoms. The number of benzene rings is 1. The molecule has 1 aromatic carbocycles. The zero-order valence-electron chi connectivity index (χ0n) is 21.2. The van der Waals surface area contributed by atoms with E-state index in [1.807, 2.05) is 44.4 Å². The summed E-state index contributed by atoms with van der Waals surface area (Å²) in [5.41, 5.74) is 3.47. The number of nitrogens with zero attached hydrogens (tertiary/aromatic N) is 3. The summed E-state index contributed by atoms with van der Waals surface area (Å²) < 4.78 is 12.4. The van der Waals surface area contributed by atoms with Gasteiger partial charge in [-0.3, -0.25) is 9.48 Å². The Bertz CT molecular complexity index is 1310. The van der Waals surface area contributed by atoms with E-state index in [9.17, 15) is 14.9 Å². The number of anilines is 1. The number of hydrogen-bond donors (Lipinski definition) is 2. The highest BCUT2D eigenvalue weighted by Crippen LogP contribution is 2.39. The zero-order chi connectivity index (χ0) is 26.4. The van der Waals surface area contributed by atoms with Gasteiger partial charge in [0.1, 0.15) is 16.8 Å². The first-order chi connectivity index (χ1) is 17.9. The van der Waals surface area contributed by atoms with Crippen LogP contribution in [0, 0.1) is 17.2 Å². The molecule has 0 saturated heterocycles. The number of thiophene rings is 1. The molecule has 10 heteroatoms. The number of ether oxygens (including phenoxy) is 2. The predicted octanol–water partition coefficient (Wildman–Crippen LogP) is 4.53. The van der Waals surface area contributed by atoms with Crippen molar-refractivity contribution in [3.05, 3.63) is 63.8 Å². The highest BCUT2D eigenvalue weighted by atomic mass is 32.1. The van der Waals surface area contributed by atoms with E-state index in [-0.39, 0.29) is 17.7 Å². The summed E-state index contributed by atoms with van der Waals surface area (Å²) in [5.74, 6) is 0.794. The number of fused-ring (bicyclic) bond motifs is 1. The van der Waals surface area contributed by atoms with Crippen molar-refractivity contribution in [2.45, 2.75) is 45.1 Å². The fraction of sp³-hybridized carbons (Fsp3) is 0.407. The lowest BCUT2D eigenvalue weighted by Crippen LogP contribution is -2.27. The summed E-state index contributed by atoms with van der Waals surface area (Å²) >= 11 is 1.45. The van der Waals surface area contributed by atoms with Gasteiger partial charge in [-0.25, -0.2) is 4.79 Å². The maximum Gasteiger partial charge on any atom is 0.407 e. The van der Waals surface area contributed by atoms with Crippen molar-refractivity contribution in [2.75, 3.05) is 19.0 Å². The van der Waals surface area contributed by atoms with Gasteiger partial charge in [0.15, 0.2) is 0 Å². The first-order valence-electron chi connectivity index (χ1n) is 12.2. The molecule has 2 amide bonds. The van der Waals surface area contributed by atoms with Gasteiger partial charge < -0.3 is 20.1 Å². The van der Waals surface area contributed by atoms with Gasteiger partial charge in [-0.1, -0.05) is 19.1 Å². The Balaban J connectivity index is 1.31. The van der Waals surface area contributed by atoms with Crippen LogP contribution in [-0.4, -0.2) is 35.5 Å². The molecule has 2 aromatic heterocycles. The Morgan fingerprint density at radius 3 is 2.95 bits per heavy atom.